The number of hydrogen-bond acceptors (Lipinski definition) is 6. The van der Waals surface area contributed by atoms with E-state index in [2.05, 4.69) is 22.1 Å². The van der Waals surface area contributed by atoms with Gasteiger partial charge in [-0.3, -0.25) is 9.80 Å². The number of fused-ring (bicyclic) bond motifs is 1. The fraction of sp³-hybridized carbons (Fsp3) is 0.364. The van der Waals surface area contributed by atoms with Crippen molar-refractivity contribution in [2.24, 2.45) is 0 Å². The number of anilines is 3. The number of hydrogen-bond donors (Lipinski definition) is 2. The molecule has 2 amide bonds. The van der Waals surface area contributed by atoms with Crippen molar-refractivity contribution in [2.75, 3.05) is 55.3 Å². The van der Waals surface area contributed by atoms with E-state index in [0.29, 0.717) is 11.7 Å². The lowest BCUT2D eigenvalue weighted by Crippen LogP contribution is -2.44. The van der Waals surface area contributed by atoms with Gasteiger partial charge in [-0.1, -0.05) is 30.4 Å². The normalized spacial score (nSPS) is 14.7. The molecular weight excluding hydrogens is 398 g/mol. The maximum Gasteiger partial charge on any atom is 0.326 e. The van der Waals surface area contributed by atoms with Gasteiger partial charge in [-0.05, 0) is 42.3 Å². The minimum Gasteiger partial charge on any atom is -0.379 e. The Balaban J connectivity index is 1.54. The van der Waals surface area contributed by atoms with Crippen LogP contribution < -0.4 is 16.0 Å². The molecule has 0 spiro atoms. The van der Waals surface area contributed by atoms with Crippen LogP contribution in [0.15, 0.2) is 42.5 Å². The number of ether oxygens (including phenoxy) is 1. The van der Waals surface area contributed by atoms with Gasteiger partial charge in [-0.2, -0.15) is 0 Å². The molecule has 3 aromatic rings. The summed E-state index contributed by atoms with van der Waals surface area (Å²) in [6.07, 6.45) is 0.970. The molecule has 2 heterocycles. The van der Waals surface area contributed by atoms with Crippen molar-refractivity contribution in [1.29, 1.82) is 0 Å². The van der Waals surface area contributed by atoms with Crippen LogP contribution in [0.4, 0.5) is 21.3 Å². The third-order valence-corrected chi connectivity index (χ3v) is 6.15. The molecule has 0 unspecified atom stereocenters. The van der Waals surface area contributed by atoms with E-state index in [0.717, 1.165) is 60.9 Å². The van der Waals surface area contributed by atoms with Gasteiger partial charge in [0.15, 0.2) is 5.13 Å². The Morgan fingerprint density at radius 1 is 1.23 bits per heavy atom. The lowest BCUT2D eigenvalue weighted by molar-refractivity contribution is 0.0393. The van der Waals surface area contributed by atoms with Crippen LogP contribution in [-0.2, 0) is 11.2 Å². The highest BCUT2D eigenvalue weighted by Gasteiger charge is 2.19. The molecule has 3 N–H and O–H groups in total. The van der Waals surface area contributed by atoms with Crippen LogP contribution in [0.3, 0.4) is 0 Å². The summed E-state index contributed by atoms with van der Waals surface area (Å²) >= 11 is 1.43. The van der Waals surface area contributed by atoms with Crippen LogP contribution >= 0.6 is 11.3 Å². The Kier molecular flexibility index (Phi) is 6.47. The average molecular weight is 426 g/mol. The van der Waals surface area contributed by atoms with Crippen molar-refractivity contribution >= 4 is 44.1 Å². The van der Waals surface area contributed by atoms with Crippen LogP contribution in [0.1, 0.15) is 12.5 Å². The maximum absolute atomic E-state index is 13.2. The highest BCUT2D eigenvalue weighted by atomic mass is 32.1. The van der Waals surface area contributed by atoms with Gasteiger partial charge in [-0.25, -0.2) is 9.78 Å². The first-order valence-electron chi connectivity index (χ1n) is 10.3. The second kappa shape index (κ2) is 9.42. The summed E-state index contributed by atoms with van der Waals surface area (Å²) in [5, 5.41) is 3.57. The van der Waals surface area contributed by atoms with Gasteiger partial charge < -0.3 is 15.8 Å². The Hall–Kier alpha value is -2.68. The van der Waals surface area contributed by atoms with E-state index < -0.39 is 0 Å². The van der Waals surface area contributed by atoms with Crippen LogP contribution in [0.25, 0.3) is 10.2 Å². The number of carbonyl (C=O) groups is 1. The summed E-state index contributed by atoms with van der Waals surface area (Å²) in [4.78, 5) is 21.6. The molecule has 8 heteroatoms. The zero-order valence-electron chi connectivity index (χ0n) is 17.1. The summed E-state index contributed by atoms with van der Waals surface area (Å²) in [6.45, 7) is 6.73. The number of nitrogen functional groups attached to an aromatic ring is 1. The summed E-state index contributed by atoms with van der Waals surface area (Å²) in [5.74, 6) is 0. The first-order chi connectivity index (χ1) is 14.6. The zero-order valence-corrected chi connectivity index (χ0v) is 18.0. The minimum atomic E-state index is -0.149. The van der Waals surface area contributed by atoms with Crippen LogP contribution in [0.5, 0.6) is 0 Å². The summed E-state index contributed by atoms with van der Waals surface area (Å²) in [6, 6.07) is 13.7. The molecule has 30 heavy (non-hydrogen) atoms. The maximum atomic E-state index is 13.2. The molecule has 1 fully saturated rings. The molecule has 4 rings (SSSR count). The van der Waals surface area contributed by atoms with Crippen molar-refractivity contribution < 1.29 is 9.53 Å². The van der Waals surface area contributed by atoms with E-state index in [-0.39, 0.29) is 6.03 Å². The smallest absolute Gasteiger partial charge is 0.326 e. The number of nitrogens with one attached hydrogen (secondary N) is 1. The number of urea groups is 1. The largest absolute Gasteiger partial charge is 0.379 e. The fourth-order valence-electron chi connectivity index (χ4n) is 3.53. The molecule has 7 nitrogen and oxygen atoms in total. The molecule has 158 valence electrons. The Morgan fingerprint density at radius 3 is 2.73 bits per heavy atom. The second-order valence-electron chi connectivity index (χ2n) is 7.29. The lowest BCUT2D eigenvalue weighted by atomic mass is 10.1. The standard InChI is InChI=1S/C22H27N5O2S/c1-2-16-3-5-17(6-4-16)24-22(28)27(10-9-26-11-13-29-14-12-26)18-7-8-19-20(15-18)30-21(23)25-19/h3-8,15H,2,9-14H2,1H3,(H2,23,25)(H,24,28). The van der Waals surface area contributed by atoms with Crippen molar-refractivity contribution in [2.45, 2.75) is 13.3 Å². The molecule has 2 aromatic carbocycles. The Bertz CT molecular complexity index is 998. The topological polar surface area (TPSA) is 83.7 Å². The molecule has 1 aliphatic rings. The number of rotatable bonds is 6. The van der Waals surface area contributed by atoms with Gasteiger partial charge in [0.1, 0.15) is 0 Å². The van der Waals surface area contributed by atoms with Gasteiger partial charge in [0, 0.05) is 37.6 Å². The molecule has 0 saturated carbocycles. The van der Waals surface area contributed by atoms with E-state index in [1.807, 2.05) is 42.5 Å². The van der Waals surface area contributed by atoms with Crippen molar-refractivity contribution in [3.63, 3.8) is 0 Å². The van der Waals surface area contributed by atoms with Crippen LogP contribution in [0.2, 0.25) is 0 Å². The monoisotopic (exact) mass is 425 g/mol. The lowest BCUT2D eigenvalue weighted by Gasteiger charge is -2.30. The SMILES string of the molecule is CCc1ccc(NC(=O)N(CCN2CCOCC2)c2ccc3nc(N)sc3c2)cc1. The van der Waals surface area contributed by atoms with Crippen LogP contribution in [-0.4, -0.2) is 55.3 Å². The predicted molar refractivity (Wildman–Crippen MR) is 123 cm³/mol. The number of thiazole rings is 1. The zero-order chi connectivity index (χ0) is 20.9. The van der Waals surface area contributed by atoms with E-state index in [9.17, 15) is 4.79 Å². The van der Waals surface area contributed by atoms with E-state index in [1.54, 1.807) is 4.90 Å². The van der Waals surface area contributed by atoms with Gasteiger partial charge in [-0.15, -0.1) is 0 Å². The predicted octanol–water partition coefficient (Wildman–Crippen LogP) is 3.81. The summed E-state index contributed by atoms with van der Waals surface area (Å²) < 4.78 is 6.41. The van der Waals surface area contributed by atoms with Gasteiger partial charge in [0.2, 0.25) is 0 Å². The number of aromatic nitrogens is 1. The number of nitrogens with zero attached hydrogens (tertiary/aromatic N) is 3. The van der Waals surface area contributed by atoms with E-state index in [1.165, 1.54) is 16.9 Å². The van der Waals surface area contributed by atoms with E-state index in [4.69, 9.17) is 10.5 Å². The molecule has 1 saturated heterocycles. The number of morpholine rings is 1. The third-order valence-electron chi connectivity index (χ3n) is 5.30. The number of aryl methyl sites for hydroxylation is 1. The minimum absolute atomic E-state index is 0.149. The van der Waals surface area contributed by atoms with Crippen molar-refractivity contribution in [1.82, 2.24) is 9.88 Å². The molecule has 1 aromatic heterocycles. The molecule has 0 bridgehead atoms. The fourth-order valence-corrected chi connectivity index (χ4v) is 4.30. The van der Waals surface area contributed by atoms with Crippen molar-refractivity contribution in [3.05, 3.63) is 48.0 Å². The Labute approximate surface area is 180 Å². The number of carbonyl (C=O) groups excluding carboxylic acids is 1. The first kappa shape index (κ1) is 20.6. The van der Waals surface area contributed by atoms with Crippen LogP contribution in [0, 0.1) is 0 Å². The van der Waals surface area contributed by atoms with Gasteiger partial charge in [0.05, 0.1) is 23.4 Å². The molecule has 0 aliphatic carbocycles. The highest BCUT2D eigenvalue weighted by Crippen LogP contribution is 2.28. The molecule has 0 radical (unpaired) electrons. The summed E-state index contributed by atoms with van der Waals surface area (Å²) in [5.41, 5.74) is 9.57. The number of amides is 2. The van der Waals surface area contributed by atoms with Crippen molar-refractivity contribution in [3.8, 4) is 0 Å². The molecular formula is C22H27N5O2S. The average Bonchev–Trinajstić information content (AvgIpc) is 3.14. The third kappa shape index (κ3) is 4.89. The van der Waals surface area contributed by atoms with E-state index >= 15 is 0 Å². The van der Waals surface area contributed by atoms with Gasteiger partial charge in [0.25, 0.3) is 0 Å². The second-order valence-corrected chi connectivity index (χ2v) is 8.35. The summed E-state index contributed by atoms with van der Waals surface area (Å²) in [7, 11) is 0. The highest BCUT2D eigenvalue weighted by molar-refractivity contribution is 7.22. The quantitative estimate of drug-likeness (QED) is 0.627. The number of benzene rings is 2. The van der Waals surface area contributed by atoms with Gasteiger partial charge >= 0.3 is 6.03 Å². The molecule has 1 aliphatic heterocycles. The first-order valence-corrected chi connectivity index (χ1v) is 11.1. The Morgan fingerprint density at radius 2 is 2.00 bits per heavy atom. The number of nitrogens with two attached hydrogens (primary N) is 1. The molecule has 0 atom stereocenters.